The first-order chi connectivity index (χ1) is 7.31. The van der Waals surface area contributed by atoms with E-state index < -0.39 is 0 Å². The third-order valence-electron chi connectivity index (χ3n) is 2.16. The quantitative estimate of drug-likeness (QED) is 0.651. The zero-order valence-electron chi connectivity index (χ0n) is 8.34. The Bertz CT molecular complexity index is 469. The second kappa shape index (κ2) is 3.97. The molecule has 0 aliphatic carbocycles. The third kappa shape index (κ3) is 1.89. The Morgan fingerprint density at radius 2 is 2.27 bits per heavy atom. The lowest BCUT2D eigenvalue weighted by Crippen LogP contribution is -2.11. The highest BCUT2D eigenvalue weighted by Crippen LogP contribution is 2.33. The molecule has 0 saturated carbocycles. The molecule has 0 bridgehead atoms. The van der Waals surface area contributed by atoms with E-state index in [4.69, 9.17) is 10.00 Å². The number of aliphatic imine (C=N–C) groups is 1. The normalized spacial score (nSPS) is 18.9. The van der Waals surface area contributed by atoms with Crippen LogP contribution in [0.25, 0.3) is 0 Å². The predicted molar refractivity (Wildman–Crippen MR) is 57.8 cm³/mol. The number of rotatable bonds is 1. The minimum absolute atomic E-state index is 0.196. The summed E-state index contributed by atoms with van der Waals surface area (Å²) in [6.45, 7) is 1.81. The highest BCUT2D eigenvalue weighted by atomic mass is 16.5. The summed E-state index contributed by atoms with van der Waals surface area (Å²) in [6.07, 6.45) is 2.97. The van der Waals surface area contributed by atoms with Crippen LogP contribution in [0.1, 0.15) is 18.6 Å². The van der Waals surface area contributed by atoms with Crippen molar-refractivity contribution in [2.75, 3.05) is 0 Å². The van der Waals surface area contributed by atoms with Crippen molar-refractivity contribution in [2.24, 2.45) is 4.99 Å². The van der Waals surface area contributed by atoms with Crippen molar-refractivity contribution in [1.29, 1.82) is 5.26 Å². The van der Waals surface area contributed by atoms with Gasteiger partial charge in [-0.3, -0.25) is 0 Å². The van der Waals surface area contributed by atoms with E-state index in [0.29, 0.717) is 5.90 Å². The van der Waals surface area contributed by atoms with Gasteiger partial charge in [0.15, 0.2) is 5.90 Å². The molecular formula is C12H10N2O. The van der Waals surface area contributed by atoms with Crippen LogP contribution in [0.5, 0.6) is 0 Å². The third-order valence-corrected chi connectivity index (χ3v) is 2.16. The maximum Gasteiger partial charge on any atom is 0.186 e. The van der Waals surface area contributed by atoms with Gasteiger partial charge in [-0.2, -0.15) is 5.26 Å². The zero-order valence-corrected chi connectivity index (χ0v) is 8.34. The summed E-state index contributed by atoms with van der Waals surface area (Å²) in [5.74, 6) is 0.626. The molecule has 1 aromatic carbocycles. The van der Waals surface area contributed by atoms with Gasteiger partial charge in [0.25, 0.3) is 0 Å². The van der Waals surface area contributed by atoms with E-state index in [1.807, 2.05) is 37.3 Å². The van der Waals surface area contributed by atoms with Gasteiger partial charge >= 0.3 is 0 Å². The zero-order chi connectivity index (χ0) is 10.7. The van der Waals surface area contributed by atoms with E-state index in [-0.39, 0.29) is 6.10 Å². The van der Waals surface area contributed by atoms with Crippen molar-refractivity contribution >= 4 is 11.6 Å². The largest absolute Gasteiger partial charge is 0.469 e. The van der Waals surface area contributed by atoms with Gasteiger partial charge in [0, 0.05) is 18.6 Å². The highest BCUT2D eigenvalue weighted by Gasteiger charge is 2.18. The van der Waals surface area contributed by atoms with Gasteiger partial charge in [0.2, 0.25) is 0 Å². The topological polar surface area (TPSA) is 45.4 Å². The molecule has 0 fully saturated rings. The second-order valence-corrected chi connectivity index (χ2v) is 3.22. The monoisotopic (exact) mass is 198 g/mol. The predicted octanol–water partition coefficient (Wildman–Crippen LogP) is 2.89. The van der Waals surface area contributed by atoms with E-state index in [0.717, 1.165) is 11.3 Å². The smallest absolute Gasteiger partial charge is 0.186 e. The molecule has 1 aromatic rings. The lowest BCUT2D eigenvalue weighted by Gasteiger charge is -2.21. The molecule has 3 heteroatoms. The number of para-hydroxylation sites is 1. The Morgan fingerprint density at radius 3 is 3.07 bits per heavy atom. The second-order valence-electron chi connectivity index (χ2n) is 3.22. The van der Waals surface area contributed by atoms with Crippen molar-refractivity contribution in [2.45, 2.75) is 13.0 Å². The molecule has 0 saturated heterocycles. The number of hydrogen-bond donors (Lipinski definition) is 0. The number of hydrogen-bond acceptors (Lipinski definition) is 3. The Morgan fingerprint density at radius 1 is 1.47 bits per heavy atom. The lowest BCUT2D eigenvalue weighted by atomic mass is 10.1. The van der Waals surface area contributed by atoms with Crippen LogP contribution in [0.15, 0.2) is 41.4 Å². The maximum atomic E-state index is 8.49. The minimum atomic E-state index is -0.196. The summed E-state index contributed by atoms with van der Waals surface area (Å²) < 4.78 is 5.53. The summed E-state index contributed by atoms with van der Waals surface area (Å²) in [7, 11) is 0. The summed E-state index contributed by atoms with van der Waals surface area (Å²) in [6, 6.07) is 9.73. The van der Waals surface area contributed by atoms with Crippen LogP contribution in [0, 0.1) is 11.3 Å². The number of nitrogens with zero attached hydrogens (tertiary/aromatic N) is 2. The van der Waals surface area contributed by atoms with Crippen molar-refractivity contribution in [3.05, 3.63) is 42.0 Å². The average Bonchev–Trinajstić information content (AvgIpc) is 2.25. The molecule has 1 unspecified atom stereocenters. The van der Waals surface area contributed by atoms with Gasteiger partial charge in [-0.25, -0.2) is 4.99 Å². The van der Waals surface area contributed by atoms with Crippen molar-refractivity contribution in [3.63, 3.8) is 0 Å². The molecular weight excluding hydrogens is 188 g/mol. The molecule has 1 aliphatic heterocycles. The van der Waals surface area contributed by atoms with Gasteiger partial charge < -0.3 is 4.74 Å². The van der Waals surface area contributed by atoms with Gasteiger partial charge in [0.05, 0.1) is 11.8 Å². The lowest BCUT2D eigenvalue weighted by molar-refractivity contribution is 0.234. The van der Waals surface area contributed by atoms with E-state index in [1.165, 1.54) is 6.08 Å². The Balaban J connectivity index is 2.42. The number of allylic oxidation sites excluding steroid dienone is 1. The van der Waals surface area contributed by atoms with Gasteiger partial charge in [0.1, 0.15) is 6.10 Å². The average molecular weight is 198 g/mol. The fraction of sp³-hybridized carbons (Fsp3) is 0.167. The fourth-order valence-corrected chi connectivity index (χ4v) is 1.55. The molecule has 0 radical (unpaired) electrons. The summed E-state index contributed by atoms with van der Waals surface area (Å²) in [5, 5.41) is 8.49. The first-order valence-corrected chi connectivity index (χ1v) is 4.68. The van der Waals surface area contributed by atoms with Crippen LogP contribution >= 0.6 is 0 Å². The molecule has 0 amide bonds. The van der Waals surface area contributed by atoms with Crippen LogP contribution in [-0.4, -0.2) is 5.90 Å². The van der Waals surface area contributed by atoms with Crippen LogP contribution in [0.3, 0.4) is 0 Å². The van der Waals surface area contributed by atoms with Gasteiger partial charge in [-0.05, 0) is 12.1 Å². The molecule has 1 atom stereocenters. The molecule has 74 valence electrons. The molecule has 2 rings (SSSR count). The molecule has 0 N–H and O–H groups in total. The molecule has 0 spiro atoms. The fourth-order valence-electron chi connectivity index (χ4n) is 1.55. The number of fused-ring (bicyclic) bond motifs is 1. The summed E-state index contributed by atoms with van der Waals surface area (Å²) in [4.78, 5) is 4.28. The first-order valence-electron chi connectivity index (χ1n) is 4.68. The minimum Gasteiger partial charge on any atom is -0.469 e. The van der Waals surface area contributed by atoms with Gasteiger partial charge in [-0.15, -0.1) is 0 Å². The molecule has 15 heavy (non-hydrogen) atoms. The van der Waals surface area contributed by atoms with Crippen molar-refractivity contribution < 1.29 is 4.74 Å². The molecule has 0 aromatic heterocycles. The van der Waals surface area contributed by atoms with E-state index in [9.17, 15) is 0 Å². The molecule has 1 heterocycles. The highest BCUT2D eigenvalue weighted by molar-refractivity contribution is 5.80. The summed E-state index contributed by atoms with van der Waals surface area (Å²) in [5.41, 5.74) is 1.91. The molecule has 1 aliphatic rings. The SMILES string of the molecule is CC1=Nc2ccccc2C(/C=C/C#N)O1. The van der Waals surface area contributed by atoms with Crippen LogP contribution in [0.4, 0.5) is 5.69 Å². The van der Waals surface area contributed by atoms with Crippen molar-refractivity contribution in [1.82, 2.24) is 0 Å². The van der Waals surface area contributed by atoms with Gasteiger partial charge in [-0.1, -0.05) is 18.2 Å². The van der Waals surface area contributed by atoms with Crippen molar-refractivity contribution in [3.8, 4) is 6.07 Å². The maximum absolute atomic E-state index is 8.49. The summed E-state index contributed by atoms with van der Waals surface area (Å²) >= 11 is 0. The first kappa shape index (κ1) is 9.47. The van der Waals surface area contributed by atoms with E-state index >= 15 is 0 Å². The van der Waals surface area contributed by atoms with Crippen LogP contribution in [-0.2, 0) is 4.74 Å². The number of nitriles is 1. The standard InChI is InChI=1S/C12H10N2O/c1-9-14-11-6-3-2-5-10(11)12(15-9)7-4-8-13/h2-7,12H,1H3/b7-4+. The van der Waals surface area contributed by atoms with E-state index in [1.54, 1.807) is 6.08 Å². The Kier molecular flexibility index (Phi) is 2.51. The Labute approximate surface area is 88.3 Å². The molecule has 3 nitrogen and oxygen atoms in total. The van der Waals surface area contributed by atoms with Crippen LogP contribution in [0.2, 0.25) is 0 Å². The number of benzene rings is 1. The van der Waals surface area contributed by atoms with E-state index in [2.05, 4.69) is 4.99 Å². The van der Waals surface area contributed by atoms with Crippen LogP contribution < -0.4 is 0 Å². The number of ether oxygens (including phenoxy) is 1. The Hall–Kier alpha value is -2.08.